The van der Waals surface area contributed by atoms with E-state index in [0.29, 0.717) is 0 Å². The van der Waals surface area contributed by atoms with Crippen molar-refractivity contribution < 1.29 is 25.2 Å². The van der Waals surface area contributed by atoms with E-state index in [4.69, 9.17) is 9.84 Å². The van der Waals surface area contributed by atoms with Crippen LogP contribution in [0.2, 0.25) is 0 Å². The van der Waals surface area contributed by atoms with Crippen LogP contribution >= 0.6 is 0 Å². The van der Waals surface area contributed by atoms with Gasteiger partial charge in [-0.2, -0.15) is 0 Å². The summed E-state index contributed by atoms with van der Waals surface area (Å²) in [6, 6.07) is 0. The molecule has 1 aliphatic rings. The summed E-state index contributed by atoms with van der Waals surface area (Å²) in [7, 11) is 0. The number of aromatic nitrogens is 2. The lowest BCUT2D eigenvalue weighted by molar-refractivity contribution is -0.0239. The summed E-state index contributed by atoms with van der Waals surface area (Å²) in [6.07, 6.45) is -5.31. The van der Waals surface area contributed by atoms with Crippen molar-refractivity contribution in [3.8, 4) is 5.88 Å². The summed E-state index contributed by atoms with van der Waals surface area (Å²) in [6.45, 7) is -0.559. The largest absolute Gasteiger partial charge is 0.494 e. The van der Waals surface area contributed by atoms with Gasteiger partial charge in [-0.25, -0.2) is 4.79 Å². The Balaban J connectivity index is 2.45. The SMILES string of the molecule is O=c1[nH]c(O)c([C@@H]2O[C@H](CO)[C@@H](O)[C@H]2O)c(=O)[nH]1. The summed E-state index contributed by atoms with van der Waals surface area (Å²) in [5, 5.41) is 37.6. The number of aliphatic hydroxyl groups excluding tert-OH is 3. The minimum atomic E-state index is -1.50. The quantitative estimate of drug-likeness (QED) is 0.329. The highest BCUT2D eigenvalue weighted by Crippen LogP contribution is 2.34. The molecule has 9 nitrogen and oxygen atoms in total. The Labute approximate surface area is 99.3 Å². The van der Waals surface area contributed by atoms with Crippen molar-refractivity contribution in [2.45, 2.75) is 24.4 Å². The van der Waals surface area contributed by atoms with E-state index >= 15 is 0 Å². The molecule has 0 aliphatic carbocycles. The lowest BCUT2D eigenvalue weighted by Crippen LogP contribution is -2.34. The van der Waals surface area contributed by atoms with Gasteiger partial charge in [-0.3, -0.25) is 14.8 Å². The maximum Gasteiger partial charge on any atom is 0.328 e. The Morgan fingerprint density at radius 1 is 1.17 bits per heavy atom. The minimum absolute atomic E-state index is 0.405. The predicted molar refractivity (Wildman–Crippen MR) is 56.1 cm³/mol. The number of H-pyrrole nitrogens is 2. The van der Waals surface area contributed by atoms with Crippen LogP contribution in [-0.2, 0) is 4.74 Å². The number of nitrogens with one attached hydrogen (secondary N) is 2. The normalized spacial score (nSPS) is 31.7. The fourth-order valence-electron chi connectivity index (χ4n) is 1.89. The lowest BCUT2D eigenvalue weighted by atomic mass is 10.0. The fourth-order valence-corrected chi connectivity index (χ4v) is 1.89. The molecule has 0 spiro atoms. The van der Waals surface area contributed by atoms with Crippen molar-refractivity contribution in [3.05, 3.63) is 26.4 Å². The summed E-state index contributed by atoms with van der Waals surface area (Å²) in [5.41, 5.74) is -2.25. The van der Waals surface area contributed by atoms with E-state index in [-0.39, 0.29) is 0 Å². The summed E-state index contributed by atoms with van der Waals surface area (Å²) >= 11 is 0. The molecule has 1 saturated heterocycles. The number of aliphatic hydroxyl groups is 3. The molecule has 100 valence electrons. The first-order valence-electron chi connectivity index (χ1n) is 5.13. The number of hydrogen-bond donors (Lipinski definition) is 6. The van der Waals surface area contributed by atoms with Crippen LogP contribution in [0.1, 0.15) is 11.7 Å². The van der Waals surface area contributed by atoms with Crippen LogP contribution in [0.5, 0.6) is 5.88 Å². The second-order valence-corrected chi connectivity index (χ2v) is 3.93. The molecule has 0 saturated carbocycles. The molecule has 0 aromatic carbocycles. The van der Waals surface area contributed by atoms with Gasteiger partial charge >= 0.3 is 5.69 Å². The van der Waals surface area contributed by atoms with Crippen LogP contribution in [-0.4, -0.2) is 55.3 Å². The van der Waals surface area contributed by atoms with Gasteiger partial charge in [-0.05, 0) is 0 Å². The maximum atomic E-state index is 11.5. The Bertz CT molecular complexity index is 551. The van der Waals surface area contributed by atoms with Crippen molar-refractivity contribution in [1.82, 2.24) is 9.97 Å². The predicted octanol–water partition coefficient (Wildman–Crippen LogP) is -3.08. The molecule has 1 aliphatic heterocycles. The summed E-state index contributed by atoms with van der Waals surface area (Å²) in [4.78, 5) is 26.2. The molecular weight excluding hydrogens is 248 g/mol. The molecule has 4 atom stereocenters. The summed E-state index contributed by atoms with van der Waals surface area (Å²) < 4.78 is 5.07. The Morgan fingerprint density at radius 3 is 2.33 bits per heavy atom. The smallest absolute Gasteiger partial charge is 0.328 e. The first-order valence-corrected chi connectivity index (χ1v) is 5.13. The average Bonchev–Trinajstić information content (AvgIpc) is 2.56. The molecule has 1 fully saturated rings. The second kappa shape index (κ2) is 4.53. The molecule has 0 bridgehead atoms. The van der Waals surface area contributed by atoms with E-state index in [9.17, 15) is 24.9 Å². The monoisotopic (exact) mass is 260 g/mol. The van der Waals surface area contributed by atoms with Crippen LogP contribution in [0.25, 0.3) is 0 Å². The van der Waals surface area contributed by atoms with Gasteiger partial charge in [0, 0.05) is 0 Å². The fraction of sp³-hybridized carbons (Fsp3) is 0.556. The standard InChI is InChI=1S/C9H12N2O7/c12-1-2-4(13)5(14)6(18-2)3-7(15)10-9(17)11-8(3)16/h2,4-6,12-14H,1H2,(H3,10,11,15,16,17)/t2-,4-,5-,6+/m1/s1. The van der Waals surface area contributed by atoms with E-state index in [1.165, 1.54) is 0 Å². The molecule has 1 aromatic heterocycles. The molecule has 0 amide bonds. The van der Waals surface area contributed by atoms with Crippen molar-refractivity contribution >= 4 is 0 Å². The van der Waals surface area contributed by atoms with E-state index in [2.05, 4.69) is 0 Å². The van der Waals surface area contributed by atoms with Gasteiger partial charge in [0.05, 0.1) is 6.61 Å². The van der Waals surface area contributed by atoms with Crippen molar-refractivity contribution in [2.24, 2.45) is 0 Å². The third-order valence-corrected chi connectivity index (χ3v) is 2.79. The van der Waals surface area contributed by atoms with Gasteiger partial charge in [-0.1, -0.05) is 0 Å². The average molecular weight is 260 g/mol. The molecule has 9 heteroatoms. The zero-order valence-corrected chi connectivity index (χ0v) is 9.03. The zero-order chi connectivity index (χ0) is 13.4. The molecular formula is C9H12N2O7. The van der Waals surface area contributed by atoms with Crippen LogP contribution in [0, 0.1) is 0 Å². The number of rotatable bonds is 2. The summed E-state index contributed by atoms with van der Waals surface area (Å²) in [5.74, 6) is -0.751. The lowest BCUT2D eigenvalue weighted by Gasteiger charge is -2.14. The number of hydrogen-bond acceptors (Lipinski definition) is 7. The highest BCUT2D eigenvalue weighted by molar-refractivity contribution is 5.26. The van der Waals surface area contributed by atoms with Gasteiger partial charge in [0.2, 0.25) is 5.88 Å². The van der Waals surface area contributed by atoms with Crippen LogP contribution < -0.4 is 11.2 Å². The van der Waals surface area contributed by atoms with E-state index < -0.39 is 53.7 Å². The van der Waals surface area contributed by atoms with Gasteiger partial charge in [0.1, 0.15) is 30.0 Å². The van der Waals surface area contributed by atoms with Crippen molar-refractivity contribution in [2.75, 3.05) is 6.61 Å². The Morgan fingerprint density at radius 2 is 1.83 bits per heavy atom. The molecule has 0 unspecified atom stereocenters. The van der Waals surface area contributed by atoms with Crippen LogP contribution in [0.3, 0.4) is 0 Å². The Hall–Kier alpha value is -1.68. The highest BCUT2D eigenvalue weighted by atomic mass is 16.6. The van der Waals surface area contributed by atoms with E-state index in [1.807, 2.05) is 9.97 Å². The molecule has 18 heavy (non-hydrogen) atoms. The van der Waals surface area contributed by atoms with Crippen LogP contribution in [0.15, 0.2) is 9.59 Å². The zero-order valence-electron chi connectivity index (χ0n) is 9.03. The van der Waals surface area contributed by atoms with Gasteiger partial charge in [-0.15, -0.1) is 0 Å². The van der Waals surface area contributed by atoms with Crippen molar-refractivity contribution in [1.29, 1.82) is 0 Å². The molecule has 1 aromatic rings. The molecule has 2 rings (SSSR count). The third kappa shape index (κ3) is 1.93. The maximum absolute atomic E-state index is 11.5. The van der Waals surface area contributed by atoms with Gasteiger partial charge in [0.15, 0.2) is 0 Å². The second-order valence-electron chi connectivity index (χ2n) is 3.93. The first kappa shape index (κ1) is 12.8. The topological polar surface area (TPSA) is 156 Å². The number of aromatic amines is 2. The van der Waals surface area contributed by atoms with E-state index in [1.54, 1.807) is 0 Å². The number of ether oxygens (including phenoxy) is 1. The molecule has 0 radical (unpaired) electrons. The first-order chi connectivity index (χ1) is 8.45. The van der Waals surface area contributed by atoms with Gasteiger partial charge < -0.3 is 25.2 Å². The molecule has 2 heterocycles. The van der Waals surface area contributed by atoms with E-state index in [0.717, 1.165) is 0 Å². The Kier molecular flexibility index (Phi) is 3.22. The molecule has 6 N–H and O–H groups in total. The van der Waals surface area contributed by atoms with Crippen LogP contribution in [0.4, 0.5) is 0 Å². The third-order valence-electron chi connectivity index (χ3n) is 2.79. The van der Waals surface area contributed by atoms with Crippen molar-refractivity contribution in [3.63, 3.8) is 0 Å². The highest BCUT2D eigenvalue weighted by Gasteiger charge is 2.45. The minimum Gasteiger partial charge on any atom is -0.494 e. The number of aromatic hydroxyl groups is 1. The van der Waals surface area contributed by atoms with Gasteiger partial charge in [0.25, 0.3) is 5.56 Å².